The van der Waals surface area contributed by atoms with Crippen LogP contribution in [-0.2, 0) is 0 Å². The van der Waals surface area contributed by atoms with Gasteiger partial charge in [-0.2, -0.15) is 0 Å². The van der Waals surface area contributed by atoms with Gasteiger partial charge in [-0.3, -0.25) is 0 Å². The van der Waals surface area contributed by atoms with Crippen molar-refractivity contribution < 1.29 is 0 Å². The topological polar surface area (TPSA) is 50.1 Å². The van der Waals surface area contributed by atoms with Crippen molar-refractivity contribution in [1.29, 1.82) is 0 Å². The SMILES string of the molecule is CC(N)C1CNCCN1. The van der Waals surface area contributed by atoms with Crippen LogP contribution in [0.15, 0.2) is 0 Å². The molecule has 2 atom stereocenters. The van der Waals surface area contributed by atoms with Gasteiger partial charge in [-0.1, -0.05) is 0 Å². The van der Waals surface area contributed by atoms with E-state index >= 15 is 0 Å². The molecule has 0 radical (unpaired) electrons. The van der Waals surface area contributed by atoms with E-state index in [0.29, 0.717) is 6.04 Å². The van der Waals surface area contributed by atoms with Crippen LogP contribution >= 0.6 is 0 Å². The molecule has 54 valence electrons. The first kappa shape index (κ1) is 6.99. The smallest absolute Gasteiger partial charge is 0.0342 e. The summed E-state index contributed by atoms with van der Waals surface area (Å²) >= 11 is 0. The lowest BCUT2D eigenvalue weighted by Gasteiger charge is -2.27. The lowest BCUT2D eigenvalue weighted by molar-refractivity contribution is 0.378. The van der Waals surface area contributed by atoms with E-state index in [0.717, 1.165) is 19.6 Å². The summed E-state index contributed by atoms with van der Waals surface area (Å²) in [4.78, 5) is 0. The summed E-state index contributed by atoms with van der Waals surface area (Å²) in [5.74, 6) is 0. The van der Waals surface area contributed by atoms with Gasteiger partial charge in [0.15, 0.2) is 0 Å². The molecule has 1 saturated heterocycles. The molecule has 1 fully saturated rings. The van der Waals surface area contributed by atoms with Crippen molar-refractivity contribution in [3.63, 3.8) is 0 Å². The molecule has 0 spiro atoms. The first-order chi connectivity index (χ1) is 4.30. The summed E-state index contributed by atoms with van der Waals surface area (Å²) in [6, 6.07) is 0.733. The minimum Gasteiger partial charge on any atom is -0.326 e. The molecule has 0 bridgehead atoms. The highest BCUT2D eigenvalue weighted by atomic mass is 15.1. The lowest BCUT2D eigenvalue weighted by atomic mass is 10.1. The molecule has 0 aliphatic carbocycles. The standard InChI is InChI=1S/C6H15N3/c1-5(7)6-4-8-2-3-9-6/h5-6,8-9H,2-4,7H2,1H3. The molecule has 1 rings (SSSR count). The molecule has 0 amide bonds. The molecule has 3 nitrogen and oxygen atoms in total. The maximum Gasteiger partial charge on any atom is 0.0342 e. The number of nitrogens with two attached hydrogens (primary N) is 1. The Morgan fingerprint density at radius 3 is 2.67 bits per heavy atom. The van der Waals surface area contributed by atoms with E-state index in [1.165, 1.54) is 0 Å². The van der Waals surface area contributed by atoms with Gasteiger partial charge in [-0.25, -0.2) is 0 Å². The first-order valence-electron chi connectivity index (χ1n) is 3.50. The van der Waals surface area contributed by atoms with Crippen LogP contribution < -0.4 is 16.4 Å². The van der Waals surface area contributed by atoms with Crippen LogP contribution in [0.25, 0.3) is 0 Å². The zero-order chi connectivity index (χ0) is 6.69. The van der Waals surface area contributed by atoms with Gasteiger partial charge in [0.2, 0.25) is 0 Å². The van der Waals surface area contributed by atoms with Gasteiger partial charge in [0, 0.05) is 31.7 Å². The van der Waals surface area contributed by atoms with E-state index in [4.69, 9.17) is 5.73 Å². The van der Waals surface area contributed by atoms with Crippen molar-refractivity contribution in [3.8, 4) is 0 Å². The molecule has 3 heteroatoms. The highest BCUT2D eigenvalue weighted by molar-refractivity contribution is 4.81. The molecule has 1 aliphatic rings. The predicted octanol–water partition coefficient (Wildman–Crippen LogP) is -1.10. The fourth-order valence-electron chi connectivity index (χ4n) is 1.05. The third kappa shape index (κ3) is 1.93. The van der Waals surface area contributed by atoms with Crippen molar-refractivity contribution in [2.24, 2.45) is 5.73 Å². The average molecular weight is 129 g/mol. The van der Waals surface area contributed by atoms with E-state index in [2.05, 4.69) is 10.6 Å². The van der Waals surface area contributed by atoms with Crippen molar-refractivity contribution >= 4 is 0 Å². The van der Waals surface area contributed by atoms with Gasteiger partial charge in [0.1, 0.15) is 0 Å². The highest BCUT2D eigenvalue weighted by Crippen LogP contribution is 1.90. The zero-order valence-electron chi connectivity index (χ0n) is 5.85. The average Bonchev–Trinajstić information content (AvgIpc) is 1.90. The second-order valence-corrected chi connectivity index (χ2v) is 2.62. The Morgan fingerprint density at radius 2 is 2.33 bits per heavy atom. The van der Waals surface area contributed by atoms with Crippen LogP contribution in [0.1, 0.15) is 6.92 Å². The van der Waals surface area contributed by atoms with E-state index in [1.54, 1.807) is 0 Å². The van der Waals surface area contributed by atoms with Crippen molar-refractivity contribution in [3.05, 3.63) is 0 Å². The predicted molar refractivity (Wildman–Crippen MR) is 38.3 cm³/mol. The van der Waals surface area contributed by atoms with Gasteiger partial charge >= 0.3 is 0 Å². The van der Waals surface area contributed by atoms with E-state index in [-0.39, 0.29) is 6.04 Å². The van der Waals surface area contributed by atoms with Gasteiger partial charge in [-0.15, -0.1) is 0 Å². The minimum atomic E-state index is 0.262. The minimum absolute atomic E-state index is 0.262. The van der Waals surface area contributed by atoms with Crippen LogP contribution in [-0.4, -0.2) is 31.7 Å². The highest BCUT2D eigenvalue weighted by Gasteiger charge is 2.14. The third-order valence-corrected chi connectivity index (χ3v) is 1.71. The molecule has 2 unspecified atom stereocenters. The third-order valence-electron chi connectivity index (χ3n) is 1.71. The quantitative estimate of drug-likeness (QED) is 0.421. The van der Waals surface area contributed by atoms with Crippen LogP contribution in [0, 0.1) is 0 Å². The second kappa shape index (κ2) is 3.15. The molecule has 4 N–H and O–H groups in total. The van der Waals surface area contributed by atoms with Crippen LogP contribution in [0.5, 0.6) is 0 Å². The van der Waals surface area contributed by atoms with Gasteiger partial charge in [0.25, 0.3) is 0 Å². The Morgan fingerprint density at radius 1 is 1.56 bits per heavy atom. The molecule has 1 heterocycles. The zero-order valence-corrected chi connectivity index (χ0v) is 5.85. The summed E-state index contributed by atoms with van der Waals surface area (Å²) in [6.45, 7) is 5.16. The van der Waals surface area contributed by atoms with Gasteiger partial charge in [0.05, 0.1) is 0 Å². The largest absolute Gasteiger partial charge is 0.326 e. The fourth-order valence-corrected chi connectivity index (χ4v) is 1.05. The fraction of sp³-hybridized carbons (Fsp3) is 1.00. The number of piperazine rings is 1. The molecular weight excluding hydrogens is 114 g/mol. The van der Waals surface area contributed by atoms with Crippen molar-refractivity contribution in [1.82, 2.24) is 10.6 Å². The molecule has 1 aliphatic heterocycles. The lowest BCUT2D eigenvalue weighted by Crippen LogP contribution is -2.55. The van der Waals surface area contributed by atoms with Crippen molar-refractivity contribution in [2.75, 3.05) is 19.6 Å². The molecule has 0 saturated carbocycles. The Hall–Kier alpha value is -0.120. The van der Waals surface area contributed by atoms with Crippen molar-refractivity contribution in [2.45, 2.75) is 19.0 Å². The summed E-state index contributed by atoms with van der Waals surface area (Å²) in [5, 5.41) is 6.60. The Kier molecular flexibility index (Phi) is 2.45. The number of nitrogens with one attached hydrogen (secondary N) is 2. The Balaban J connectivity index is 2.23. The molecule has 0 aromatic rings. The van der Waals surface area contributed by atoms with Crippen LogP contribution in [0.2, 0.25) is 0 Å². The molecule has 0 aromatic carbocycles. The van der Waals surface area contributed by atoms with E-state index < -0.39 is 0 Å². The van der Waals surface area contributed by atoms with Gasteiger partial charge < -0.3 is 16.4 Å². The maximum absolute atomic E-state index is 5.66. The van der Waals surface area contributed by atoms with Crippen LogP contribution in [0.4, 0.5) is 0 Å². The second-order valence-electron chi connectivity index (χ2n) is 2.62. The molecular formula is C6H15N3. The molecule has 9 heavy (non-hydrogen) atoms. The maximum atomic E-state index is 5.66. The van der Waals surface area contributed by atoms with E-state index in [1.807, 2.05) is 6.92 Å². The van der Waals surface area contributed by atoms with E-state index in [9.17, 15) is 0 Å². The Labute approximate surface area is 56.0 Å². The normalized spacial score (nSPS) is 32.0. The summed E-state index contributed by atoms with van der Waals surface area (Å²) in [5.41, 5.74) is 5.66. The summed E-state index contributed by atoms with van der Waals surface area (Å²) in [7, 11) is 0. The number of hydrogen-bond acceptors (Lipinski definition) is 3. The monoisotopic (exact) mass is 129 g/mol. The number of hydrogen-bond donors (Lipinski definition) is 3. The summed E-state index contributed by atoms with van der Waals surface area (Å²) < 4.78 is 0. The van der Waals surface area contributed by atoms with Crippen LogP contribution in [0.3, 0.4) is 0 Å². The van der Waals surface area contributed by atoms with Gasteiger partial charge in [-0.05, 0) is 6.92 Å². The Bertz CT molecular complexity index is 76.4. The first-order valence-corrected chi connectivity index (χ1v) is 3.50. The number of rotatable bonds is 1. The molecule has 0 aromatic heterocycles. The summed E-state index contributed by atoms with van der Waals surface area (Å²) in [6.07, 6.45) is 0.